The van der Waals surface area contributed by atoms with Crippen LogP contribution in [0.2, 0.25) is 0 Å². The van der Waals surface area contributed by atoms with Crippen molar-refractivity contribution in [3.63, 3.8) is 0 Å². The third-order valence-electron chi connectivity index (χ3n) is 11.4. The van der Waals surface area contributed by atoms with Gasteiger partial charge >= 0.3 is 10.4 Å². The molecule has 0 bridgehead atoms. The number of nitrogens with one attached hydrogen (secondary N) is 1. The Bertz CT molecular complexity index is 1130. The number of ether oxygens (including phenoxy) is 2. The normalized spacial score (nSPS) is 21.5. The van der Waals surface area contributed by atoms with E-state index in [0.717, 1.165) is 64.2 Å². The second-order valence-corrected chi connectivity index (χ2v) is 17.9. The van der Waals surface area contributed by atoms with Crippen LogP contribution in [0.1, 0.15) is 206 Å². The van der Waals surface area contributed by atoms with E-state index in [1.165, 1.54) is 103 Å². The largest absolute Gasteiger partial charge is 0.397 e. The zero-order chi connectivity index (χ0) is 43.6. The molecule has 8 atom stereocenters. The number of hydrogen-bond acceptors (Lipinski definition) is 11. The summed E-state index contributed by atoms with van der Waals surface area (Å²) in [6, 6.07) is -1.03. The first-order chi connectivity index (χ1) is 28.4. The minimum atomic E-state index is -5.10. The van der Waals surface area contributed by atoms with Crippen LogP contribution < -0.4 is 5.32 Å². The Balaban J connectivity index is 2.41. The average Bonchev–Trinajstić information content (AvgIpc) is 3.20. The van der Waals surface area contributed by atoms with Crippen molar-refractivity contribution in [2.45, 2.75) is 255 Å². The Hall–Kier alpha value is -1.20. The predicted octanol–water partition coefficient (Wildman–Crippen LogP) is 8.14. The zero-order valence-corrected chi connectivity index (χ0v) is 37.8. The van der Waals surface area contributed by atoms with Crippen LogP contribution in [0.5, 0.6) is 0 Å². The third-order valence-corrected chi connectivity index (χ3v) is 11.9. The number of aliphatic hydroxyl groups is 5. The highest BCUT2D eigenvalue weighted by molar-refractivity contribution is 7.80. The summed E-state index contributed by atoms with van der Waals surface area (Å²) in [5, 5.41) is 55.1. The molecule has 1 amide bonds. The van der Waals surface area contributed by atoms with Crippen LogP contribution in [0.4, 0.5) is 0 Å². The molecule has 0 spiro atoms. The molecule has 1 heterocycles. The quantitative estimate of drug-likeness (QED) is 0.0177. The summed E-state index contributed by atoms with van der Waals surface area (Å²) in [6.45, 7) is 3.23. The van der Waals surface area contributed by atoms with Crippen LogP contribution >= 0.6 is 0 Å². The van der Waals surface area contributed by atoms with Crippen LogP contribution in [0, 0.1) is 0 Å². The molecule has 0 aromatic carbocycles. The molecule has 8 unspecified atom stereocenters. The predicted molar refractivity (Wildman–Crippen MR) is 233 cm³/mol. The first-order valence-electron chi connectivity index (χ1n) is 23.7. The lowest BCUT2D eigenvalue weighted by molar-refractivity contribution is -0.298. The van der Waals surface area contributed by atoms with Crippen LogP contribution in [0.15, 0.2) is 12.2 Å². The van der Waals surface area contributed by atoms with E-state index in [-0.39, 0.29) is 6.42 Å². The molecule has 1 rings (SSSR count). The summed E-state index contributed by atoms with van der Waals surface area (Å²) in [5.41, 5.74) is 0. The molecular formula is C45H87NO12S. The topological polar surface area (TPSA) is 212 Å². The zero-order valence-electron chi connectivity index (χ0n) is 36.9. The van der Waals surface area contributed by atoms with Gasteiger partial charge in [-0.05, 0) is 38.5 Å². The van der Waals surface area contributed by atoms with Crippen molar-refractivity contribution in [2.75, 3.05) is 13.2 Å². The molecule has 0 aliphatic carbocycles. The summed E-state index contributed by atoms with van der Waals surface area (Å²) in [7, 11) is -5.10. The van der Waals surface area contributed by atoms with Gasteiger partial charge in [0.1, 0.15) is 30.5 Å². The van der Waals surface area contributed by atoms with Gasteiger partial charge in [0.05, 0.1) is 25.4 Å². The maximum absolute atomic E-state index is 13.1. The fraction of sp³-hybridized carbons (Fsp3) is 0.933. The number of rotatable bonds is 40. The van der Waals surface area contributed by atoms with E-state index in [0.29, 0.717) is 19.3 Å². The summed E-state index contributed by atoms with van der Waals surface area (Å²) in [6.07, 6.45) is 27.2. The van der Waals surface area contributed by atoms with Gasteiger partial charge in [-0.15, -0.1) is 0 Å². The molecule has 350 valence electrons. The molecule has 14 heteroatoms. The third kappa shape index (κ3) is 28.9. The van der Waals surface area contributed by atoms with Gasteiger partial charge in [0, 0.05) is 0 Å². The standard InChI is InChI=1S/C45H87NO12S/c1-3-5-7-9-11-13-14-15-16-17-18-19-20-21-22-23-24-25-26-28-30-32-34-39(49)44(52)46-37(38(48)33-31-29-27-12-10-8-6-4-2)36-56-45-42(51)43(58-59(53,54)55)41(50)40(35-47)57-45/h21-22,37-43,45,47-51H,3-20,23-36H2,1-2H3,(H,46,52)(H,53,54,55)/b22-21-. The highest BCUT2D eigenvalue weighted by Crippen LogP contribution is 2.26. The molecule has 0 saturated carbocycles. The Morgan fingerprint density at radius 1 is 0.661 bits per heavy atom. The first kappa shape index (κ1) is 55.8. The van der Waals surface area contributed by atoms with Gasteiger partial charge in [0.2, 0.25) is 5.91 Å². The number of hydrogen-bond donors (Lipinski definition) is 7. The van der Waals surface area contributed by atoms with Crippen LogP contribution in [0.3, 0.4) is 0 Å². The number of aliphatic hydroxyl groups excluding tert-OH is 5. The molecule has 1 fully saturated rings. The Kier molecular flexibility index (Phi) is 34.3. The number of unbranched alkanes of at least 4 members (excludes halogenated alkanes) is 25. The van der Waals surface area contributed by atoms with Crippen molar-refractivity contribution in [1.29, 1.82) is 0 Å². The van der Waals surface area contributed by atoms with E-state index in [4.69, 9.17) is 14.0 Å². The van der Waals surface area contributed by atoms with E-state index in [1.807, 2.05) is 0 Å². The van der Waals surface area contributed by atoms with Gasteiger partial charge in [-0.3, -0.25) is 9.35 Å². The van der Waals surface area contributed by atoms with Crippen molar-refractivity contribution in [3.8, 4) is 0 Å². The van der Waals surface area contributed by atoms with Gasteiger partial charge in [-0.2, -0.15) is 8.42 Å². The van der Waals surface area contributed by atoms with Gasteiger partial charge in [0.15, 0.2) is 6.29 Å². The van der Waals surface area contributed by atoms with Crippen LogP contribution in [-0.2, 0) is 28.9 Å². The van der Waals surface area contributed by atoms with Gasteiger partial charge < -0.3 is 40.3 Å². The summed E-state index contributed by atoms with van der Waals surface area (Å²) < 4.78 is 47.4. The molecule has 0 aromatic rings. The maximum atomic E-state index is 13.1. The molecule has 13 nitrogen and oxygen atoms in total. The fourth-order valence-electron chi connectivity index (χ4n) is 7.64. The number of carbonyl (C=O) groups is 1. The molecule has 0 radical (unpaired) electrons. The monoisotopic (exact) mass is 866 g/mol. The van der Waals surface area contributed by atoms with Crippen LogP contribution in [-0.4, -0.2) is 107 Å². The summed E-state index contributed by atoms with van der Waals surface area (Å²) >= 11 is 0. The number of allylic oxidation sites excluding steroid dienone is 2. The first-order valence-corrected chi connectivity index (χ1v) is 25.0. The molecule has 59 heavy (non-hydrogen) atoms. The fourth-order valence-corrected chi connectivity index (χ4v) is 8.15. The second-order valence-electron chi connectivity index (χ2n) is 16.8. The maximum Gasteiger partial charge on any atom is 0.397 e. The molecular weight excluding hydrogens is 779 g/mol. The van der Waals surface area contributed by atoms with E-state index in [9.17, 15) is 38.7 Å². The van der Waals surface area contributed by atoms with E-state index in [2.05, 4.69) is 35.5 Å². The minimum Gasteiger partial charge on any atom is -0.394 e. The van der Waals surface area contributed by atoms with Crippen LogP contribution in [0.25, 0.3) is 0 Å². The Labute approximate surface area is 358 Å². The van der Waals surface area contributed by atoms with Crippen molar-refractivity contribution in [1.82, 2.24) is 5.32 Å². The SMILES string of the molecule is CCCCCCCCCCCCCC/C=C\CCCCCCCCC(O)C(=O)NC(COC1OC(CO)C(O)C(OS(=O)(=O)O)C1O)C(O)CCCCCCCCCC. The molecule has 1 aliphatic heterocycles. The van der Waals surface area contributed by atoms with Crippen molar-refractivity contribution >= 4 is 16.3 Å². The second kappa shape index (κ2) is 36.3. The van der Waals surface area contributed by atoms with Gasteiger partial charge in [-0.1, -0.05) is 180 Å². The van der Waals surface area contributed by atoms with Gasteiger partial charge in [0.25, 0.3) is 0 Å². The van der Waals surface area contributed by atoms with Crippen molar-refractivity contribution in [2.24, 2.45) is 0 Å². The summed E-state index contributed by atoms with van der Waals surface area (Å²) in [5.74, 6) is -0.676. The van der Waals surface area contributed by atoms with E-state index in [1.54, 1.807) is 0 Å². The molecule has 0 aromatic heterocycles. The average molecular weight is 866 g/mol. The molecule has 7 N–H and O–H groups in total. The van der Waals surface area contributed by atoms with E-state index < -0.39 is 78.5 Å². The highest BCUT2D eigenvalue weighted by atomic mass is 32.3. The Morgan fingerprint density at radius 2 is 1.08 bits per heavy atom. The van der Waals surface area contributed by atoms with Gasteiger partial charge in [-0.25, -0.2) is 4.18 Å². The van der Waals surface area contributed by atoms with E-state index >= 15 is 0 Å². The van der Waals surface area contributed by atoms with Crippen molar-refractivity contribution in [3.05, 3.63) is 12.2 Å². The summed E-state index contributed by atoms with van der Waals surface area (Å²) in [4.78, 5) is 13.1. The number of carbonyl (C=O) groups excluding carboxylic acids is 1. The highest BCUT2D eigenvalue weighted by Gasteiger charge is 2.48. The minimum absolute atomic E-state index is 0.255. The molecule has 1 saturated heterocycles. The molecule has 1 aliphatic rings. The number of amides is 1. The van der Waals surface area contributed by atoms with Crippen molar-refractivity contribution < 1.29 is 57.0 Å². The lowest BCUT2D eigenvalue weighted by Gasteiger charge is -2.41. The Morgan fingerprint density at radius 3 is 1.53 bits per heavy atom. The smallest absolute Gasteiger partial charge is 0.394 e. The lowest BCUT2D eigenvalue weighted by atomic mass is 9.99. The lowest BCUT2D eigenvalue weighted by Crippen LogP contribution is -2.61.